The largest absolute Gasteiger partial charge is 0.433 e. The average molecular weight is 382 g/mol. The van der Waals surface area contributed by atoms with Crippen molar-refractivity contribution in [3.8, 4) is 0 Å². The lowest BCUT2D eigenvalue weighted by molar-refractivity contribution is -0.384. The van der Waals surface area contributed by atoms with Gasteiger partial charge in [0.05, 0.1) is 10.5 Å². The van der Waals surface area contributed by atoms with Crippen molar-refractivity contribution in [1.82, 2.24) is 9.55 Å². The van der Waals surface area contributed by atoms with Gasteiger partial charge in [-0.15, -0.1) is 0 Å². The zero-order valence-electron chi connectivity index (χ0n) is 12.6. The quantitative estimate of drug-likeness (QED) is 0.499. The molecule has 2 rings (SSSR count). The number of nitro benzene ring substituents is 1. The van der Waals surface area contributed by atoms with Crippen LogP contribution in [0.3, 0.4) is 0 Å². The minimum Gasteiger partial charge on any atom is -0.320 e. The van der Waals surface area contributed by atoms with Crippen LogP contribution in [0.5, 0.6) is 0 Å². The summed E-state index contributed by atoms with van der Waals surface area (Å²) in [7, 11) is 1.04. The molecule has 0 unspecified atom stereocenters. The predicted molar refractivity (Wildman–Crippen MR) is 75.9 cm³/mol. The molecule has 0 saturated carbocycles. The number of hydrogen-bond donors (Lipinski definition) is 1. The fraction of sp³-hybridized carbons (Fsp3) is 0.231. The van der Waals surface area contributed by atoms with Crippen molar-refractivity contribution in [2.24, 2.45) is 7.05 Å². The minimum absolute atomic E-state index is 0.215. The Balaban J connectivity index is 2.57. The Morgan fingerprint density at radius 2 is 1.73 bits per heavy atom. The second-order valence-electron chi connectivity index (χ2n) is 4.97. The zero-order chi connectivity index (χ0) is 19.9. The van der Waals surface area contributed by atoms with Crippen molar-refractivity contribution < 1.29 is 31.3 Å². The lowest BCUT2D eigenvalue weighted by Gasteiger charge is -2.14. The van der Waals surface area contributed by atoms with Crippen molar-refractivity contribution in [3.63, 3.8) is 0 Å². The van der Waals surface area contributed by atoms with Crippen LogP contribution in [0.25, 0.3) is 0 Å². The molecule has 0 bridgehead atoms. The Morgan fingerprint density at radius 1 is 1.12 bits per heavy atom. The number of anilines is 2. The number of benzene rings is 1. The molecule has 0 amide bonds. The van der Waals surface area contributed by atoms with Gasteiger partial charge in [-0.05, 0) is 12.1 Å². The molecule has 2 aromatic rings. The molecule has 0 aliphatic carbocycles. The Hall–Kier alpha value is -3.12. The molecule has 26 heavy (non-hydrogen) atoms. The first kappa shape index (κ1) is 19.2. The van der Waals surface area contributed by atoms with Crippen molar-refractivity contribution in [1.29, 1.82) is 0 Å². The minimum atomic E-state index is -4.96. The molecule has 0 atom stereocenters. The monoisotopic (exact) mass is 382 g/mol. The zero-order valence-corrected chi connectivity index (χ0v) is 12.6. The van der Waals surface area contributed by atoms with Crippen molar-refractivity contribution >= 4 is 17.3 Å². The van der Waals surface area contributed by atoms with E-state index < -0.39 is 51.4 Å². The van der Waals surface area contributed by atoms with E-state index in [4.69, 9.17) is 0 Å². The summed E-state index contributed by atoms with van der Waals surface area (Å²) in [6.45, 7) is 0. The first-order valence-corrected chi connectivity index (χ1v) is 6.58. The second kappa shape index (κ2) is 6.31. The van der Waals surface area contributed by atoms with Gasteiger partial charge in [0.1, 0.15) is 5.69 Å². The van der Waals surface area contributed by atoms with E-state index in [2.05, 4.69) is 10.3 Å². The molecule has 7 nitrogen and oxygen atoms in total. The highest BCUT2D eigenvalue weighted by Crippen LogP contribution is 2.36. The Kier molecular flexibility index (Phi) is 4.66. The predicted octanol–water partition coefficient (Wildman–Crippen LogP) is 3.47. The summed E-state index contributed by atoms with van der Waals surface area (Å²) < 4.78 is 76.8. The molecule has 0 fully saturated rings. The second-order valence-corrected chi connectivity index (χ2v) is 4.97. The van der Waals surface area contributed by atoms with Crippen LogP contribution >= 0.6 is 0 Å². The highest BCUT2D eigenvalue weighted by Gasteiger charge is 2.35. The standard InChI is InChI=1S/C13H8F6N4O3/c1-22-10(24)5-9(13(17,18)19)21-11(22)20-7-3-2-6(12(14,15)16)4-8(7)23(25)26/h2-5H,1H3,(H,20,21). The molecule has 140 valence electrons. The van der Waals surface area contributed by atoms with E-state index in [0.717, 1.165) is 7.05 Å². The number of aromatic nitrogens is 2. The lowest BCUT2D eigenvalue weighted by atomic mass is 10.1. The third-order valence-corrected chi connectivity index (χ3v) is 3.19. The average Bonchev–Trinajstić information content (AvgIpc) is 2.49. The fourth-order valence-corrected chi connectivity index (χ4v) is 1.88. The van der Waals surface area contributed by atoms with Crippen molar-refractivity contribution in [3.05, 3.63) is 56.0 Å². The summed E-state index contributed by atoms with van der Waals surface area (Å²) in [5.74, 6) is -0.729. The summed E-state index contributed by atoms with van der Waals surface area (Å²) in [6.07, 6.45) is -9.82. The molecule has 0 radical (unpaired) electrons. The van der Waals surface area contributed by atoms with E-state index in [9.17, 15) is 41.3 Å². The third kappa shape index (κ3) is 3.92. The number of nitrogens with one attached hydrogen (secondary N) is 1. The van der Waals surface area contributed by atoms with Gasteiger partial charge < -0.3 is 5.32 Å². The molecule has 1 N–H and O–H groups in total. The number of nitro groups is 1. The van der Waals surface area contributed by atoms with Crippen molar-refractivity contribution in [2.45, 2.75) is 12.4 Å². The molecule has 0 spiro atoms. The first-order valence-electron chi connectivity index (χ1n) is 6.58. The third-order valence-electron chi connectivity index (χ3n) is 3.19. The van der Waals surface area contributed by atoms with E-state index in [0.29, 0.717) is 16.7 Å². The summed E-state index contributed by atoms with van der Waals surface area (Å²) in [6, 6.07) is 1.59. The summed E-state index contributed by atoms with van der Waals surface area (Å²) in [4.78, 5) is 24.6. The Labute approximate surface area is 140 Å². The van der Waals surface area contributed by atoms with E-state index >= 15 is 0 Å². The molecule has 0 aliphatic heterocycles. The van der Waals surface area contributed by atoms with Crippen LogP contribution in [0, 0.1) is 10.1 Å². The number of halogens is 6. The maximum atomic E-state index is 12.7. The molecular formula is C13H8F6N4O3. The number of hydrogen-bond acceptors (Lipinski definition) is 5. The smallest absolute Gasteiger partial charge is 0.320 e. The van der Waals surface area contributed by atoms with Crippen molar-refractivity contribution in [2.75, 3.05) is 5.32 Å². The van der Waals surface area contributed by atoms with Crippen LogP contribution in [0.2, 0.25) is 0 Å². The molecule has 1 aromatic carbocycles. The van der Waals surface area contributed by atoms with Gasteiger partial charge in [0.15, 0.2) is 5.69 Å². The summed E-state index contributed by atoms with van der Waals surface area (Å²) in [5.41, 5.74) is -5.61. The van der Waals surface area contributed by atoms with Crippen LogP contribution in [-0.2, 0) is 19.4 Å². The number of rotatable bonds is 3. The number of alkyl halides is 6. The van der Waals surface area contributed by atoms with Gasteiger partial charge >= 0.3 is 12.4 Å². The van der Waals surface area contributed by atoms with Gasteiger partial charge in [-0.2, -0.15) is 26.3 Å². The Bertz CT molecular complexity index is 920. The van der Waals surface area contributed by atoms with Gasteiger partial charge in [-0.1, -0.05) is 0 Å². The van der Waals surface area contributed by atoms with Crippen LogP contribution in [0.4, 0.5) is 43.7 Å². The van der Waals surface area contributed by atoms with Crippen LogP contribution in [0.1, 0.15) is 11.3 Å². The van der Waals surface area contributed by atoms with E-state index in [1.54, 1.807) is 0 Å². The highest BCUT2D eigenvalue weighted by atomic mass is 19.4. The Morgan fingerprint density at radius 3 is 2.23 bits per heavy atom. The van der Waals surface area contributed by atoms with Gasteiger partial charge in [-0.3, -0.25) is 19.5 Å². The van der Waals surface area contributed by atoms with E-state index in [1.165, 1.54) is 0 Å². The highest BCUT2D eigenvalue weighted by molar-refractivity contribution is 5.67. The van der Waals surface area contributed by atoms with Crippen LogP contribution < -0.4 is 10.9 Å². The summed E-state index contributed by atoms with van der Waals surface area (Å²) >= 11 is 0. The maximum Gasteiger partial charge on any atom is 0.433 e. The van der Waals surface area contributed by atoms with Gasteiger partial charge in [0.2, 0.25) is 5.95 Å². The normalized spacial score (nSPS) is 12.1. The van der Waals surface area contributed by atoms with Gasteiger partial charge in [0, 0.05) is 19.2 Å². The molecular weight excluding hydrogens is 374 g/mol. The van der Waals surface area contributed by atoms with Crippen LogP contribution in [0.15, 0.2) is 29.1 Å². The first-order chi connectivity index (χ1) is 11.8. The molecule has 0 saturated heterocycles. The topological polar surface area (TPSA) is 90.1 Å². The lowest BCUT2D eigenvalue weighted by Crippen LogP contribution is -2.24. The van der Waals surface area contributed by atoms with Gasteiger partial charge in [0.25, 0.3) is 11.2 Å². The molecule has 13 heteroatoms. The molecule has 0 aliphatic rings. The summed E-state index contributed by atoms with van der Waals surface area (Å²) in [5, 5.41) is 13.1. The van der Waals surface area contributed by atoms with E-state index in [-0.39, 0.29) is 12.1 Å². The maximum absolute atomic E-state index is 12.7. The molecule has 1 aromatic heterocycles. The fourth-order valence-electron chi connectivity index (χ4n) is 1.88. The van der Waals surface area contributed by atoms with Gasteiger partial charge in [-0.25, -0.2) is 4.98 Å². The SMILES string of the molecule is Cn1c(Nc2ccc(C(F)(F)F)cc2[N+](=O)[O-])nc(C(F)(F)F)cc1=O. The van der Waals surface area contributed by atoms with Crippen LogP contribution in [-0.4, -0.2) is 14.5 Å². The van der Waals surface area contributed by atoms with E-state index in [1.807, 2.05) is 0 Å². The molecule has 1 heterocycles. The number of nitrogens with zero attached hydrogens (tertiary/aromatic N) is 3.